The van der Waals surface area contributed by atoms with Gasteiger partial charge in [-0.25, -0.2) is 0 Å². The zero-order chi connectivity index (χ0) is 17.1. The van der Waals surface area contributed by atoms with Gasteiger partial charge in [0, 0.05) is 17.3 Å². The number of hydrogen-bond acceptors (Lipinski definition) is 2. The molecule has 0 radical (unpaired) electrons. The summed E-state index contributed by atoms with van der Waals surface area (Å²) < 4.78 is 0. The highest BCUT2D eigenvalue weighted by molar-refractivity contribution is 6.02. The molecule has 0 aromatic carbocycles. The lowest BCUT2D eigenvalue weighted by Gasteiger charge is -2.57. The number of carbonyl (C=O) groups is 2. The first-order valence-electron chi connectivity index (χ1n) is 9.51. The van der Waals surface area contributed by atoms with Crippen LogP contribution < -0.4 is 0 Å². The van der Waals surface area contributed by atoms with Gasteiger partial charge in [-0.2, -0.15) is 0 Å². The zero-order valence-electron chi connectivity index (χ0n) is 14.9. The summed E-state index contributed by atoms with van der Waals surface area (Å²) in [5, 5.41) is 0. The van der Waals surface area contributed by atoms with Gasteiger partial charge in [-0.05, 0) is 68.4 Å². The Kier molecular flexibility index (Phi) is 3.53. The highest BCUT2D eigenvalue weighted by Gasteiger charge is 2.59. The Morgan fingerprint density at radius 3 is 2.67 bits per heavy atom. The monoisotopic (exact) mass is 324 g/mol. The second kappa shape index (κ2) is 5.28. The molecular formula is C22H28O2. The SMILES string of the molecule is C=CCC1=CC(=O)C=C2CC[C@@H]3[C@H](CC[C@]4(C)C(=O)CC[C@@H]34)[C@@]12C. The highest BCUT2D eigenvalue weighted by atomic mass is 16.1. The van der Waals surface area contributed by atoms with Crippen molar-refractivity contribution in [2.24, 2.45) is 28.6 Å². The average molecular weight is 324 g/mol. The number of rotatable bonds is 2. The third-order valence-corrected chi connectivity index (χ3v) is 7.97. The van der Waals surface area contributed by atoms with Gasteiger partial charge in [0.25, 0.3) is 0 Å². The summed E-state index contributed by atoms with van der Waals surface area (Å²) in [5.74, 6) is 2.39. The van der Waals surface area contributed by atoms with Gasteiger partial charge >= 0.3 is 0 Å². The van der Waals surface area contributed by atoms with E-state index in [2.05, 4.69) is 20.4 Å². The van der Waals surface area contributed by atoms with Crippen molar-refractivity contribution in [2.75, 3.05) is 0 Å². The number of carbonyl (C=O) groups excluding carboxylic acids is 2. The molecule has 4 aliphatic carbocycles. The quantitative estimate of drug-likeness (QED) is 0.683. The van der Waals surface area contributed by atoms with Crippen molar-refractivity contribution >= 4 is 11.6 Å². The molecule has 0 spiro atoms. The molecule has 0 amide bonds. The molecule has 0 saturated heterocycles. The Labute approximate surface area is 145 Å². The third kappa shape index (κ3) is 1.95. The molecule has 5 atom stereocenters. The molecule has 0 N–H and O–H groups in total. The first-order chi connectivity index (χ1) is 11.4. The number of ketones is 2. The van der Waals surface area contributed by atoms with Crippen molar-refractivity contribution in [1.82, 2.24) is 0 Å². The van der Waals surface area contributed by atoms with Gasteiger partial charge < -0.3 is 0 Å². The fourth-order valence-corrected chi connectivity index (χ4v) is 6.63. The van der Waals surface area contributed by atoms with Crippen LogP contribution in [0, 0.1) is 28.6 Å². The van der Waals surface area contributed by atoms with E-state index < -0.39 is 0 Å². The maximum absolute atomic E-state index is 12.5. The Morgan fingerprint density at radius 1 is 1.12 bits per heavy atom. The molecule has 4 rings (SSSR count). The van der Waals surface area contributed by atoms with E-state index in [1.165, 1.54) is 11.1 Å². The van der Waals surface area contributed by atoms with E-state index in [9.17, 15) is 9.59 Å². The van der Waals surface area contributed by atoms with E-state index >= 15 is 0 Å². The minimum absolute atomic E-state index is 0.00200. The largest absolute Gasteiger partial charge is 0.299 e. The maximum Gasteiger partial charge on any atom is 0.178 e. The molecule has 2 heteroatoms. The van der Waals surface area contributed by atoms with Gasteiger partial charge in [0.2, 0.25) is 0 Å². The van der Waals surface area contributed by atoms with Crippen molar-refractivity contribution in [3.8, 4) is 0 Å². The number of fused-ring (bicyclic) bond motifs is 5. The summed E-state index contributed by atoms with van der Waals surface area (Å²) in [6.45, 7) is 8.49. The molecule has 0 unspecified atom stereocenters. The van der Waals surface area contributed by atoms with Crippen LogP contribution >= 0.6 is 0 Å². The molecule has 3 fully saturated rings. The molecule has 4 aliphatic rings. The normalized spacial score (nSPS) is 44.2. The summed E-state index contributed by atoms with van der Waals surface area (Å²) in [6.07, 6.45) is 12.6. The first-order valence-corrected chi connectivity index (χ1v) is 9.51. The molecule has 128 valence electrons. The van der Waals surface area contributed by atoms with Crippen molar-refractivity contribution < 1.29 is 9.59 Å². The fourth-order valence-electron chi connectivity index (χ4n) is 6.63. The molecular weight excluding hydrogens is 296 g/mol. The van der Waals surface area contributed by atoms with Crippen LogP contribution in [0.4, 0.5) is 0 Å². The van der Waals surface area contributed by atoms with Gasteiger partial charge in [0.15, 0.2) is 5.78 Å². The number of Topliss-reactive ketones (excluding diaryl/α,β-unsaturated/α-hetero) is 1. The summed E-state index contributed by atoms with van der Waals surface area (Å²) in [4.78, 5) is 24.6. The van der Waals surface area contributed by atoms with E-state index in [0.29, 0.717) is 23.5 Å². The van der Waals surface area contributed by atoms with Crippen LogP contribution in [0.1, 0.15) is 58.8 Å². The van der Waals surface area contributed by atoms with Gasteiger partial charge in [0.1, 0.15) is 5.78 Å². The molecule has 3 saturated carbocycles. The van der Waals surface area contributed by atoms with E-state index in [-0.39, 0.29) is 16.6 Å². The van der Waals surface area contributed by atoms with Crippen LogP contribution in [0.15, 0.2) is 36.0 Å². The Hall–Kier alpha value is -1.44. The lowest BCUT2D eigenvalue weighted by molar-refractivity contribution is -0.131. The summed E-state index contributed by atoms with van der Waals surface area (Å²) in [6, 6.07) is 0. The third-order valence-electron chi connectivity index (χ3n) is 7.97. The zero-order valence-corrected chi connectivity index (χ0v) is 14.9. The number of allylic oxidation sites excluding steroid dienone is 5. The molecule has 0 bridgehead atoms. The van der Waals surface area contributed by atoms with Crippen molar-refractivity contribution in [1.29, 1.82) is 0 Å². The van der Waals surface area contributed by atoms with Crippen LogP contribution in [0.3, 0.4) is 0 Å². The van der Waals surface area contributed by atoms with Gasteiger partial charge in [0.05, 0.1) is 0 Å². The lowest BCUT2D eigenvalue weighted by Crippen LogP contribution is -2.51. The minimum atomic E-state index is -0.0778. The molecule has 0 heterocycles. The van der Waals surface area contributed by atoms with Gasteiger partial charge in [-0.15, -0.1) is 6.58 Å². The molecule has 0 aromatic heterocycles. The Balaban J connectivity index is 1.75. The predicted octanol–water partition coefficient (Wildman–Crippen LogP) is 4.81. The second-order valence-corrected chi connectivity index (χ2v) is 8.77. The molecule has 24 heavy (non-hydrogen) atoms. The van der Waals surface area contributed by atoms with Crippen LogP contribution in [0.2, 0.25) is 0 Å². The minimum Gasteiger partial charge on any atom is -0.299 e. The van der Waals surface area contributed by atoms with Crippen LogP contribution in [-0.4, -0.2) is 11.6 Å². The first kappa shape index (κ1) is 16.1. The van der Waals surface area contributed by atoms with Crippen LogP contribution in [0.5, 0.6) is 0 Å². The van der Waals surface area contributed by atoms with E-state index in [1.807, 2.05) is 18.2 Å². The molecule has 0 aliphatic heterocycles. The van der Waals surface area contributed by atoms with Crippen molar-refractivity contribution in [2.45, 2.75) is 58.8 Å². The highest BCUT2D eigenvalue weighted by Crippen LogP contribution is 2.65. The Bertz CT molecular complexity index is 682. The average Bonchev–Trinajstić information content (AvgIpc) is 2.84. The van der Waals surface area contributed by atoms with Gasteiger partial charge in [-0.1, -0.05) is 31.1 Å². The van der Waals surface area contributed by atoms with Gasteiger partial charge in [-0.3, -0.25) is 9.59 Å². The summed E-state index contributed by atoms with van der Waals surface area (Å²) in [5.41, 5.74) is 2.51. The van der Waals surface area contributed by atoms with Crippen molar-refractivity contribution in [3.63, 3.8) is 0 Å². The Morgan fingerprint density at radius 2 is 1.92 bits per heavy atom. The van der Waals surface area contributed by atoms with Crippen LogP contribution in [0.25, 0.3) is 0 Å². The predicted molar refractivity (Wildman–Crippen MR) is 95.4 cm³/mol. The topological polar surface area (TPSA) is 34.1 Å². The lowest BCUT2D eigenvalue weighted by atomic mass is 9.46. The smallest absolute Gasteiger partial charge is 0.178 e. The van der Waals surface area contributed by atoms with Crippen molar-refractivity contribution in [3.05, 3.63) is 36.0 Å². The van der Waals surface area contributed by atoms with Crippen LogP contribution in [-0.2, 0) is 9.59 Å². The summed E-state index contributed by atoms with van der Waals surface area (Å²) >= 11 is 0. The van der Waals surface area contributed by atoms with E-state index in [4.69, 9.17) is 0 Å². The van der Waals surface area contributed by atoms with E-state index in [1.54, 1.807) is 0 Å². The van der Waals surface area contributed by atoms with E-state index in [0.717, 1.165) is 44.9 Å². The summed E-state index contributed by atoms with van der Waals surface area (Å²) in [7, 11) is 0. The second-order valence-electron chi connectivity index (χ2n) is 8.77. The number of hydrogen-bond donors (Lipinski definition) is 0. The maximum atomic E-state index is 12.5. The fraction of sp³-hybridized carbons (Fsp3) is 0.636. The molecule has 2 nitrogen and oxygen atoms in total. The molecule has 0 aromatic rings. The standard InChI is InChI=1S/C22H28O2/c1-4-5-14-12-16(23)13-15-6-7-17-18-8-9-20(24)21(18,2)11-10-19(17)22(14,15)3/h4,12-13,17-19H,1,5-11H2,2-3H3/t17-,18-,19-,21-,22-/m0/s1.